The van der Waals surface area contributed by atoms with Gasteiger partial charge in [-0.25, -0.2) is 0 Å². The minimum Gasteiger partial charge on any atom is -0.369 e. The fourth-order valence-corrected chi connectivity index (χ4v) is 2.51. The summed E-state index contributed by atoms with van der Waals surface area (Å²) in [6.07, 6.45) is 21.3. The smallest absolute Gasteiger partial charge is 0.129 e. The summed E-state index contributed by atoms with van der Waals surface area (Å²) in [4.78, 5) is 10.8. The van der Waals surface area contributed by atoms with Gasteiger partial charge in [-0.1, -0.05) is 50.5 Å². The van der Waals surface area contributed by atoms with Crippen molar-refractivity contribution in [2.24, 2.45) is 0 Å². The number of epoxide rings is 1. The topological polar surface area (TPSA) is 29.6 Å². The molecule has 0 aromatic rings. The van der Waals surface area contributed by atoms with Crippen molar-refractivity contribution in [2.45, 2.75) is 90.3 Å². The third kappa shape index (κ3) is 10.5. The molecule has 0 radical (unpaired) electrons. The molecular weight excluding hydrogens is 260 g/mol. The van der Waals surface area contributed by atoms with E-state index >= 15 is 0 Å². The van der Waals surface area contributed by atoms with Crippen LogP contribution in [-0.2, 0) is 9.53 Å². The first-order valence-corrected chi connectivity index (χ1v) is 8.69. The maximum atomic E-state index is 10.8. The highest BCUT2D eigenvalue weighted by atomic mass is 16.6. The standard InChI is InChI=1S/C19H32O2/c1-3-4-11-15-18-19(21-18)16-13-10-8-6-5-7-9-12-14-17(2)20/h4,10-11,13,18-19H,3,5-9,12,14-16H2,1-2H3/b11-4-,13-10-. The molecule has 1 aliphatic heterocycles. The van der Waals surface area contributed by atoms with Gasteiger partial charge in [-0.15, -0.1) is 0 Å². The van der Waals surface area contributed by atoms with E-state index in [2.05, 4.69) is 31.2 Å². The third-order valence-electron chi connectivity index (χ3n) is 3.89. The van der Waals surface area contributed by atoms with Gasteiger partial charge >= 0.3 is 0 Å². The molecule has 2 nitrogen and oxygen atoms in total. The molecule has 1 saturated heterocycles. The molecule has 0 bridgehead atoms. The fraction of sp³-hybridized carbons (Fsp3) is 0.737. The van der Waals surface area contributed by atoms with Crippen LogP contribution in [0.3, 0.4) is 0 Å². The summed E-state index contributed by atoms with van der Waals surface area (Å²) in [7, 11) is 0. The zero-order chi connectivity index (χ0) is 15.3. The van der Waals surface area contributed by atoms with Crippen LogP contribution in [0, 0.1) is 0 Å². The lowest BCUT2D eigenvalue weighted by molar-refractivity contribution is -0.117. The molecular formula is C19H32O2. The lowest BCUT2D eigenvalue weighted by atomic mass is 10.1. The number of hydrogen-bond donors (Lipinski definition) is 0. The van der Waals surface area contributed by atoms with E-state index < -0.39 is 0 Å². The molecule has 0 aromatic carbocycles. The monoisotopic (exact) mass is 292 g/mol. The molecule has 1 aliphatic rings. The van der Waals surface area contributed by atoms with Gasteiger partial charge in [0.05, 0.1) is 12.2 Å². The molecule has 0 saturated carbocycles. The van der Waals surface area contributed by atoms with E-state index in [0.29, 0.717) is 18.0 Å². The number of Topliss-reactive ketones (excluding diaryl/α,β-unsaturated/α-hetero) is 1. The molecule has 1 heterocycles. The van der Waals surface area contributed by atoms with E-state index in [1.165, 1.54) is 32.1 Å². The molecule has 120 valence electrons. The Kier molecular flexibility index (Phi) is 10.1. The van der Waals surface area contributed by atoms with E-state index in [4.69, 9.17) is 4.74 Å². The Labute approximate surface area is 130 Å². The molecule has 2 atom stereocenters. The molecule has 1 fully saturated rings. The number of carbonyl (C=O) groups excluding carboxylic acids is 1. The highest BCUT2D eigenvalue weighted by Crippen LogP contribution is 2.29. The summed E-state index contributed by atoms with van der Waals surface area (Å²) in [6.45, 7) is 3.84. The van der Waals surface area contributed by atoms with Crippen LogP contribution in [0.25, 0.3) is 0 Å². The summed E-state index contributed by atoms with van der Waals surface area (Å²) in [5.74, 6) is 0.323. The lowest BCUT2D eigenvalue weighted by Crippen LogP contribution is -1.90. The average molecular weight is 292 g/mol. The van der Waals surface area contributed by atoms with Crippen LogP contribution in [0.5, 0.6) is 0 Å². The first kappa shape index (κ1) is 18.2. The molecule has 21 heavy (non-hydrogen) atoms. The van der Waals surface area contributed by atoms with Gasteiger partial charge in [0.25, 0.3) is 0 Å². The summed E-state index contributed by atoms with van der Waals surface area (Å²) >= 11 is 0. The van der Waals surface area contributed by atoms with Gasteiger partial charge in [0.15, 0.2) is 0 Å². The first-order valence-electron chi connectivity index (χ1n) is 8.69. The first-order chi connectivity index (χ1) is 10.2. The maximum absolute atomic E-state index is 10.8. The molecule has 2 heteroatoms. The second kappa shape index (κ2) is 11.7. The largest absolute Gasteiger partial charge is 0.369 e. The Morgan fingerprint density at radius 3 is 2.19 bits per heavy atom. The lowest BCUT2D eigenvalue weighted by Gasteiger charge is -1.98. The second-order valence-corrected chi connectivity index (χ2v) is 6.04. The Morgan fingerprint density at radius 2 is 1.52 bits per heavy atom. The highest BCUT2D eigenvalue weighted by Gasteiger charge is 2.35. The van der Waals surface area contributed by atoms with E-state index in [1.54, 1.807) is 6.92 Å². The summed E-state index contributed by atoms with van der Waals surface area (Å²) < 4.78 is 5.62. The van der Waals surface area contributed by atoms with Crippen LogP contribution in [0.2, 0.25) is 0 Å². The highest BCUT2D eigenvalue weighted by molar-refractivity contribution is 5.75. The minimum atomic E-state index is 0.323. The van der Waals surface area contributed by atoms with Crippen LogP contribution >= 0.6 is 0 Å². The van der Waals surface area contributed by atoms with Gasteiger partial charge in [0.2, 0.25) is 0 Å². The number of carbonyl (C=O) groups is 1. The van der Waals surface area contributed by atoms with Crippen molar-refractivity contribution in [1.29, 1.82) is 0 Å². The van der Waals surface area contributed by atoms with Gasteiger partial charge in [0.1, 0.15) is 5.78 Å². The molecule has 0 amide bonds. The quantitative estimate of drug-likeness (QED) is 0.259. The molecule has 0 spiro atoms. The van der Waals surface area contributed by atoms with E-state index in [1.807, 2.05) is 0 Å². The molecule has 0 aromatic heterocycles. The van der Waals surface area contributed by atoms with E-state index in [9.17, 15) is 4.79 Å². The number of ketones is 1. The number of ether oxygens (including phenoxy) is 1. The van der Waals surface area contributed by atoms with Gasteiger partial charge in [-0.05, 0) is 45.4 Å². The van der Waals surface area contributed by atoms with Crippen LogP contribution < -0.4 is 0 Å². The number of hydrogen-bond acceptors (Lipinski definition) is 2. The van der Waals surface area contributed by atoms with E-state index in [0.717, 1.165) is 32.1 Å². The average Bonchev–Trinajstić information content (AvgIpc) is 3.19. The van der Waals surface area contributed by atoms with Crippen LogP contribution in [-0.4, -0.2) is 18.0 Å². The van der Waals surface area contributed by atoms with Gasteiger partial charge in [-0.3, -0.25) is 0 Å². The van der Waals surface area contributed by atoms with Crippen LogP contribution in [0.1, 0.15) is 78.1 Å². The van der Waals surface area contributed by atoms with Crippen molar-refractivity contribution in [3.8, 4) is 0 Å². The van der Waals surface area contributed by atoms with Crippen LogP contribution in [0.15, 0.2) is 24.3 Å². The summed E-state index contributed by atoms with van der Waals surface area (Å²) in [6, 6.07) is 0. The SMILES string of the molecule is CC/C=C\CC1OC1C/C=C\CCCCCCCC(C)=O. The number of rotatable bonds is 13. The van der Waals surface area contributed by atoms with Gasteiger partial charge in [0, 0.05) is 6.42 Å². The predicted molar refractivity (Wildman–Crippen MR) is 89.5 cm³/mol. The molecule has 0 N–H and O–H groups in total. The van der Waals surface area contributed by atoms with Gasteiger partial charge < -0.3 is 9.53 Å². The Bertz CT molecular complexity index is 330. The molecule has 2 unspecified atom stereocenters. The van der Waals surface area contributed by atoms with Crippen molar-refractivity contribution in [2.75, 3.05) is 0 Å². The van der Waals surface area contributed by atoms with Gasteiger partial charge in [-0.2, -0.15) is 0 Å². The third-order valence-corrected chi connectivity index (χ3v) is 3.89. The van der Waals surface area contributed by atoms with Crippen molar-refractivity contribution in [3.63, 3.8) is 0 Å². The van der Waals surface area contributed by atoms with Crippen molar-refractivity contribution in [3.05, 3.63) is 24.3 Å². The van der Waals surface area contributed by atoms with E-state index in [-0.39, 0.29) is 0 Å². The Morgan fingerprint density at radius 1 is 0.905 bits per heavy atom. The minimum absolute atomic E-state index is 0.323. The zero-order valence-corrected chi connectivity index (χ0v) is 13.9. The molecule has 1 rings (SSSR count). The number of unbranched alkanes of at least 4 members (excludes halogenated alkanes) is 5. The predicted octanol–water partition coefficient (Wildman–Crippen LogP) is 5.38. The van der Waals surface area contributed by atoms with Crippen LogP contribution in [0.4, 0.5) is 0 Å². The Hall–Kier alpha value is -0.890. The number of allylic oxidation sites excluding steroid dienone is 2. The zero-order valence-electron chi connectivity index (χ0n) is 13.9. The summed E-state index contributed by atoms with van der Waals surface area (Å²) in [5.41, 5.74) is 0. The maximum Gasteiger partial charge on any atom is 0.129 e. The second-order valence-electron chi connectivity index (χ2n) is 6.04. The van der Waals surface area contributed by atoms with Crippen molar-refractivity contribution in [1.82, 2.24) is 0 Å². The normalized spacial score (nSPS) is 21.4. The summed E-state index contributed by atoms with van der Waals surface area (Å²) in [5, 5.41) is 0. The van der Waals surface area contributed by atoms with Crippen molar-refractivity contribution < 1.29 is 9.53 Å². The Balaban J connectivity index is 1.84. The van der Waals surface area contributed by atoms with Crippen molar-refractivity contribution >= 4 is 5.78 Å². The molecule has 0 aliphatic carbocycles. The fourth-order valence-electron chi connectivity index (χ4n) is 2.51.